The number of aliphatic hydroxyl groups is 2. The van der Waals surface area contributed by atoms with E-state index in [0.717, 1.165) is 57.6 Å². The monoisotopic (exact) mass is 1190 g/mol. The molecule has 2 aliphatic rings. The van der Waals surface area contributed by atoms with Gasteiger partial charge in [0.15, 0.2) is 0 Å². The molecular weight excluding hydrogens is 1130 g/mol. The summed E-state index contributed by atoms with van der Waals surface area (Å²) in [5.74, 6) is -3.93. The summed E-state index contributed by atoms with van der Waals surface area (Å²) in [7, 11) is -8.36. The summed E-state index contributed by atoms with van der Waals surface area (Å²) in [4.78, 5) is 24.2. The van der Waals surface area contributed by atoms with Gasteiger partial charge in [0.1, 0.15) is 59.9 Å². The third kappa shape index (κ3) is 12.1. The summed E-state index contributed by atoms with van der Waals surface area (Å²) in [5, 5.41) is 81.7. The smallest absolute Gasteiger partial charge is 0.307 e. The van der Waals surface area contributed by atoms with Crippen molar-refractivity contribution >= 4 is 48.6 Å². The Hall–Kier alpha value is -9.38. The maximum absolute atomic E-state index is 13.9. The van der Waals surface area contributed by atoms with Gasteiger partial charge in [-0.15, -0.1) is 0 Å². The highest BCUT2D eigenvalue weighted by Crippen LogP contribution is 2.56. The van der Waals surface area contributed by atoms with Gasteiger partial charge in [-0.05, 0) is 143 Å². The molecule has 8 aromatic carbocycles. The van der Waals surface area contributed by atoms with Crippen LogP contribution in [0.5, 0.6) is 34.5 Å². The molecule has 1 amide bonds. The molecule has 0 radical (unpaired) electrons. The van der Waals surface area contributed by atoms with Gasteiger partial charge in [0.2, 0.25) is 25.6 Å². The molecule has 8 aromatic rings. The number of aromatic hydroxyl groups is 4. The molecule has 12 N–H and O–H groups in total. The van der Waals surface area contributed by atoms with Gasteiger partial charge in [0, 0.05) is 25.2 Å². The van der Waals surface area contributed by atoms with Crippen molar-refractivity contribution in [3.8, 4) is 45.6 Å². The van der Waals surface area contributed by atoms with Crippen molar-refractivity contribution in [2.75, 3.05) is 42.7 Å². The van der Waals surface area contributed by atoms with E-state index in [1.54, 1.807) is 12.2 Å². The van der Waals surface area contributed by atoms with Crippen LogP contribution in [0.15, 0.2) is 202 Å². The van der Waals surface area contributed by atoms with Crippen molar-refractivity contribution in [1.29, 1.82) is 0 Å². The molecule has 0 saturated carbocycles. The first-order valence-corrected chi connectivity index (χ1v) is 29.9. The number of carboxylic acid groups (broad SMARTS) is 1. The highest BCUT2D eigenvalue weighted by Gasteiger charge is 2.46. The van der Waals surface area contributed by atoms with Gasteiger partial charge in [0.25, 0.3) is 0 Å². The Morgan fingerprint density at radius 2 is 1.01 bits per heavy atom. The molecule has 0 fully saturated rings. The van der Waals surface area contributed by atoms with Crippen molar-refractivity contribution in [3.63, 3.8) is 0 Å². The van der Waals surface area contributed by atoms with Crippen molar-refractivity contribution in [2.45, 2.75) is 56.6 Å². The molecule has 4 unspecified atom stereocenters. The first kappa shape index (κ1) is 58.8. The van der Waals surface area contributed by atoms with Gasteiger partial charge in [-0.25, -0.2) is 16.8 Å². The number of ether oxygens (including phenoxy) is 2. The Bertz CT molecular complexity index is 4040. The normalized spacial score (nSPS) is 15.9. The molecular formula is C64H60N4O15S2. The third-order valence-electron chi connectivity index (χ3n) is 15.2. The van der Waals surface area contributed by atoms with Gasteiger partial charge in [-0.2, -0.15) is 0 Å². The number of hydrogen-bond donors (Lipinski definition) is 11. The lowest BCUT2D eigenvalue weighted by Gasteiger charge is -2.34. The summed E-state index contributed by atoms with van der Waals surface area (Å²) >= 11 is 0. The fourth-order valence-corrected chi connectivity index (χ4v) is 13.4. The Morgan fingerprint density at radius 3 is 1.55 bits per heavy atom. The largest absolute Gasteiger partial charge is 0.508 e. The molecule has 2 aliphatic carbocycles. The van der Waals surface area contributed by atoms with E-state index in [2.05, 4.69) is 40.2 Å². The summed E-state index contributed by atoms with van der Waals surface area (Å²) in [6.45, 7) is -0.431. The number of benzene rings is 8. The number of carbonyl (C=O) groups excluding carboxylic acids is 1. The van der Waals surface area contributed by atoms with Crippen LogP contribution >= 0.6 is 0 Å². The Morgan fingerprint density at radius 1 is 0.553 bits per heavy atom. The molecule has 10 rings (SSSR count). The van der Waals surface area contributed by atoms with Crippen molar-refractivity contribution in [1.82, 2.24) is 5.32 Å². The number of rotatable bonds is 22. The van der Waals surface area contributed by atoms with Crippen LogP contribution in [-0.4, -0.2) is 103 Å². The van der Waals surface area contributed by atoms with Crippen LogP contribution in [0.4, 0.5) is 17.1 Å². The number of allylic oxidation sites excluding steroid dienone is 2. The first-order chi connectivity index (χ1) is 40.7. The molecule has 0 saturated heterocycles. The number of phenols is 4. The van der Waals surface area contributed by atoms with E-state index in [4.69, 9.17) is 15.2 Å². The van der Waals surface area contributed by atoms with Crippen LogP contribution in [0.3, 0.4) is 0 Å². The molecule has 4 atom stereocenters. The number of anilines is 3. The lowest BCUT2D eigenvalue weighted by Crippen LogP contribution is -2.34. The number of hydrogen-bond acceptors (Lipinski definition) is 17. The quantitative estimate of drug-likeness (QED) is 0.0173. The van der Waals surface area contributed by atoms with E-state index in [1.165, 1.54) is 48.5 Å². The first-order valence-electron chi connectivity index (χ1n) is 27.0. The molecule has 85 heavy (non-hydrogen) atoms. The SMILES string of the molecule is Nc1cc(S(=O)(=O)c2ccc(O)c(NCC(O)COc3ccc(C4(c5ccc(OCC(O)CNCc6cc(S(=O)(=O)c7ccc(O)c(NC(=O)C8CC=CCC8C(=O)O)c7)ccc6O)cc5)c5ccccc5-c5ccccc54)cc3)c2)ccc1O. The number of nitrogens with two attached hydrogens (primary N) is 1. The number of carboxylic acids is 1. The highest BCUT2D eigenvalue weighted by molar-refractivity contribution is 7.91. The molecule has 0 aliphatic heterocycles. The van der Waals surface area contributed by atoms with Crippen LogP contribution in [0, 0.1) is 11.8 Å². The maximum atomic E-state index is 13.9. The zero-order chi connectivity index (χ0) is 60.2. The number of amides is 1. The van der Waals surface area contributed by atoms with Gasteiger partial charge < -0.3 is 66.9 Å². The summed E-state index contributed by atoms with van der Waals surface area (Å²) in [6.07, 6.45) is 1.56. The second-order valence-electron chi connectivity index (χ2n) is 20.7. The third-order valence-corrected chi connectivity index (χ3v) is 18.7. The van der Waals surface area contributed by atoms with Crippen molar-refractivity contribution in [2.24, 2.45) is 11.8 Å². The lowest BCUT2D eigenvalue weighted by atomic mass is 9.68. The zero-order valence-corrected chi connectivity index (χ0v) is 47.0. The predicted octanol–water partition coefficient (Wildman–Crippen LogP) is 8.11. The summed E-state index contributed by atoms with van der Waals surface area (Å²) in [6, 6.07) is 45.9. The van der Waals surface area contributed by atoms with Crippen molar-refractivity contribution in [3.05, 3.63) is 210 Å². The molecule has 0 heterocycles. The Labute approximate surface area is 489 Å². The average Bonchev–Trinajstić information content (AvgIpc) is 1.63. The van der Waals surface area contributed by atoms with Crippen LogP contribution < -0.4 is 31.2 Å². The predicted molar refractivity (Wildman–Crippen MR) is 316 cm³/mol. The second kappa shape index (κ2) is 24.4. The van der Waals surface area contributed by atoms with E-state index >= 15 is 0 Å². The molecule has 19 nitrogen and oxygen atoms in total. The minimum atomic E-state index is -4.28. The maximum Gasteiger partial charge on any atom is 0.307 e. The molecule has 21 heteroatoms. The number of phenolic OH excluding ortho intramolecular Hbond substituents is 4. The van der Waals surface area contributed by atoms with Gasteiger partial charge in [0.05, 0.1) is 53.9 Å². The number of aliphatic carboxylic acids is 1. The minimum Gasteiger partial charge on any atom is -0.508 e. The van der Waals surface area contributed by atoms with Gasteiger partial charge in [-0.1, -0.05) is 84.9 Å². The number of nitrogens with one attached hydrogen (secondary N) is 3. The van der Waals surface area contributed by atoms with Crippen molar-refractivity contribution < 1.29 is 71.6 Å². The Balaban J connectivity index is 0.774. The number of nitrogen functional groups attached to an aromatic ring is 1. The summed E-state index contributed by atoms with van der Waals surface area (Å²) < 4.78 is 66.6. The number of carbonyl (C=O) groups is 2. The topological polar surface area (TPSA) is 325 Å². The summed E-state index contributed by atoms with van der Waals surface area (Å²) in [5.41, 5.74) is 10.9. The molecule has 0 bridgehead atoms. The number of sulfone groups is 2. The van der Waals surface area contributed by atoms with E-state index in [-0.39, 0.29) is 105 Å². The molecule has 438 valence electrons. The zero-order valence-electron chi connectivity index (χ0n) is 45.4. The lowest BCUT2D eigenvalue weighted by molar-refractivity contribution is -0.146. The second-order valence-corrected chi connectivity index (χ2v) is 24.6. The highest BCUT2D eigenvalue weighted by atomic mass is 32.2. The number of aliphatic hydroxyl groups excluding tert-OH is 2. The number of fused-ring (bicyclic) bond motifs is 3. The fourth-order valence-electron chi connectivity index (χ4n) is 10.8. The van der Waals surface area contributed by atoms with Crippen LogP contribution in [0.2, 0.25) is 0 Å². The molecule has 0 aromatic heterocycles. The average molecular weight is 1190 g/mol. The minimum absolute atomic E-state index is 0.00476. The standard InChI is InChI=1S/C64H60N4O15S2/c65-55-30-46(22-26-59(55)72)85(80,81)47-23-27-60(73)56(31-47)67-35-42(70)37-83-44-19-15-40(16-20-44)64(53-11-5-3-7-49(53)50-8-4-6-12-54(50)64)39-13-17-43(18-14-39)82-36-41(69)34-66-33-38-29-45(21-25-58(38)71)84(78,79)48-24-28-61(74)57(32-48)68-62(75)51-9-1-2-10-52(51)63(76)77/h1-8,11-32,41-42,51-52,66-67,69-74H,9-10,33-37,65H2,(H,68,75)(H,76,77). The van der Waals surface area contributed by atoms with E-state index in [1.807, 2.05) is 72.8 Å². The Kier molecular flexibility index (Phi) is 16.9. The molecule has 0 spiro atoms. The van der Waals surface area contributed by atoms with Crippen LogP contribution in [0.25, 0.3) is 11.1 Å². The van der Waals surface area contributed by atoms with Gasteiger partial charge >= 0.3 is 5.97 Å². The van der Waals surface area contributed by atoms with E-state index < -0.39 is 66.8 Å². The van der Waals surface area contributed by atoms with Crippen LogP contribution in [-0.2, 0) is 41.2 Å². The van der Waals surface area contributed by atoms with Gasteiger partial charge in [-0.3, -0.25) is 9.59 Å². The van der Waals surface area contributed by atoms with Crippen LogP contribution in [0.1, 0.15) is 40.7 Å². The van der Waals surface area contributed by atoms with E-state index in [0.29, 0.717) is 11.5 Å². The fraction of sp³-hybridized carbons (Fsp3) is 0.188. The van der Waals surface area contributed by atoms with E-state index in [9.17, 15) is 62.2 Å².